The molecule has 0 aromatic rings. The molecule has 1 N–H and O–H groups in total. The number of rotatable bonds is 0. The van der Waals surface area contributed by atoms with E-state index >= 15 is 0 Å². The Labute approximate surface area is 46.5 Å². The SMILES string of the molecule is [OH+]=C1C=CC(F)C=C1. The van der Waals surface area contributed by atoms with Gasteiger partial charge < -0.3 is 0 Å². The molecule has 0 heterocycles. The zero-order chi connectivity index (χ0) is 5.98. The van der Waals surface area contributed by atoms with E-state index in [9.17, 15) is 4.39 Å². The minimum Gasteiger partial charge on any atom is -0.274 e. The Hall–Kier alpha value is -0.920. The van der Waals surface area contributed by atoms with E-state index in [0.29, 0.717) is 0 Å². The predicted octanol–water partition coefficient (Wildman–Crippen LogP) is 0.995. The second kappa shape index (κ2) is 1.90. The van der Waals surface area contributed by atoms with Crippen LogP contribution in [0.1, 0.15) is 0 Å². The van der Waals surface area contributed by atoms with Crippen LogP contribution in [0.5, 0.6) is 0 Å². The molecule has 8 heavy (non-hydrogen) atoms. The molecule has 1 nitrogen and oxygen atoms in total. The maximum absolute atomic E-state index is 12.1. The van der Waals surface area contributed by atoms with Crippen molar-refractivity contribution >= 4 is 5.78 Å². The van der Waals surface area contributed by atoms with Crippen molar-refractivity contribution in [2.24, 2.45) is 0 Å². The molecular formula is C6H6FO+. The molecule has 42 valence electrons. The molecule has 0 saturated carbocycles. The number of hydrogen-bond donors (Lipinski definition) is 0. The molecule has 0 aromatic heterocycles. The van der Waals surface area contributed by atoms with Crippen LogP contribution in [-0.2, 0) is 0 Å². The van der Waals surface area contributed by atoms with E-state index in [1.807, 2.05) is 0 Å². The Bertz CT molecular complexity index is 142. The third kappa shape index (κ3) is 1.03. The standard InChI is InChI=1S/C6H5FO/c7-5-1-3-6(8)4-2-5/h1-5H/p+1. The molecule has 0 radical (unpaired) electrons. The molecule has 0 bridgehead atoms. The third-order valence-electron chi connectivity index (χ3n) is 0.902. The molecule has 0 aliphatic heterocycles. The van der Waals surface area contributed by atoms with Crippen LogP contribution in [-0.4, -0.2) is 16.7 Å². The third-order valence-corrected chi connectivity index (χ3v) is 0.902. The summed E-state index contributed by atoms with van der Waals surface area (Å²) in [5, 5.41) is 0. The summed E-state index contributed by atoms with van der Waals surface area (Å²) in [6.07, 6.45) is 4.23. The van der Waals surface area contributed by atoms with Crippen molar-refractivity contribution in [3.8, 4) is 0 Å². The van der Waals surface area contributed by atoms with Gasteiger partial charge in [-0.1, -0.05) is 0 Å². The van der Waals surface area contributed by atoms with E-state index in [1.54, 1.807) is 0 Å². The molecule has 2 heteroatoms. The van der Waals surface area contributed by atoms with Gasteiger partial charge in [0.05, 0.1) is 0 Å². The van der Waals surface area contributed by atoms with Gasteiger partial charge in [0, 0.05) is 12.2 Å². The quantitative estimate of drug-likeness (QED) is 0.418. The molecule has 1 aliphatic rings. The van der Waals surface area contributed by atoms with Crippen molar-refractivity contribution in [1.82, 2.24) is 0 Å². The fourth-order valence-corrected chi connectivity index (χ4v) is 0.501. The average Bonchev–Trinajstić information content (AvgIpc) is 1.77. The van der Waals surface area contributed by atoms with Gasteiger partial charge in [0.25, 0.3) is 0 Å². The van der Waals surface area contributed by atoms with E-state index in [4.69, 9.17) is 4.79 Å². The number of allylic oxidation sites excluding steroid dienone is 4. The minimum atomic E-state index is -1.02. The highest BCUT2D eigenvalue weighted by Gasteiger charge is 2.06. The van der Waals surface area contributed by atoms with E-state index in [0.717, 1.165) is 0 Å². The number of alkyl halides is 1. The van der Waals surface area contributed by atoms with E-state index in [1.165, 1.54) is 24.3 Å². The highest BCUT2D eigenvalue weighted by atomic mass is 19.1. The second-order valence-corrected chi connectivity index (χ2v) is 1.59. The maximum atomic E-state index is 12.1. The topological polar surface area (TPSA) is 21.4 Å². The lowest BCUT2D eigenvalue weighted by atomic mass is 10.2. The highest BCUT2D eigenvalue weighted by molar-refractivity contribution is 6.01. The van der Waals surface area contributed by atoms with Gasteiger partial charge in [0.2, 0.25) is 0 Å². The van der Waals surface area contributed by atoms with E-state index < -0.39 is 6.17 Å². The summed E-state index contributed by atoms with van der Waals surface area (Å²) < 4.78 is 12.1. The zero-order valence-corrected chi connectivity index (χ0v) is 4.21. The van der Waals surface area contributed by atoms with Crippen molar-refractivity contribution in [2.45, 2.75) is 6.17 Å². The maximum Gasteiger partial charge on any atom is 0.339 e. The summed E-state index contributed by atoms with van der Waals surface area (Å²) in [6, 6.07) is 0. The normalized spacial score (nSPS) is 26.6. The lowest BCUT2D eigenvalue weighted by Crippen LogP contribution is -1.99. The van der Waals surface area contributed by atoms with Crippen molar-refractivity contribution in [1.29, 1.82) is 0 Å². The van der Waals surface area contributed by atoms with Gasteiger partial charge in [-0.2, -0.15) is 0 Å². The van der Waals surface area contributed by atoms with Crippen LogP contribution in [0.15, 0.2) is 24.3 Å². The van der Waals surface area contributed by atoms with Gasteiger partial charge in [-0.05, 0) is 12.2 Å². The van der Waals surface area contributed by atoms with Gasteiger partial charge in [-0.3, -0.25) is 4.79 Å². The lowest BCUT2D eigenvalue weighted by molar-refractivity contribution is 0.467. The van der Waals surface area contributed by atoms with Gasteiger partial charge in [0.15, 0.2) is 0 Å². The molecule has 0 fully saturated rings. The number of ketones is 1. The van der Waals surface area contributed by atoms with Crippen molar-refractivity contribution in [3.63, 3.8) is 0 Å². The lowest BCUT2D eigenvalue weighted by Gasteiger charge is -1.92. The Balaban J connectivity index is 2.68. The van der Waals surface area contributed by atoms with Crippen LogP contribution in [0.2, 0.25) is 0 Å². The highest BCUT2D eigenvalue weighted by Crippen LogP contribution is 2.00. The van der Waals surface area contributed by atoms with Crippen LogP contribution >= 0.6 is 0 Å². The van der Waals surface area contributed by atoms with Crippen LogP contribution in [0.25, 0.3) is 0 Å². The first-order valence-corrected chi connectivity index (χ1v) is 2.35. The van der Waals surface area contributed by atoms with Crippen LogP contribution in [0, 0.1) is 0 Å². The van der Waals surface area contributed by atoms with Crippen molar-refractivity contribution in [3.05, 3.63) is 24.3 Å². The van der Waals surface area contributed by atoms with Crippen molar-refractivity contribution < 1.29 is 9.18 Å². The Kier molecular flexibility index (Phi) is 1.24. The number of halogens is 1. The largest absolute Gasteiger partial charge is 0.339 e. The minimum absolute atomic E-state index is 0.110. The summed E-state index contributed by atoms with van der Waals surface area (Å²) in [4.78, 5) is 8.60. The molecule has 1 aliphatic carbocycles. The first kappa shape index (κ1) is 5.22. The molecule has 0 atom stereocenters. The summed E-state index contributed by atoms with van der Waals surface area (Å²) in [7, 11) is 0. The van der Waals surface area contributed by atoms with Crippen molar-refractivity contribution in [2.75, 3.05) is 0 Å². The summed E-state index contributed by atoms with van der Waals surface area (Å²) in [5.74, 6) is 0.110. The Morgan fingerprint density at radius 1 is 1.38 bits per heavy atom. The predicted molar refractivity (Wildman–Crippen MR) is 30.1 cm³/mol. The van der Waals surface area contributed by atoms with Gasteiger partial charge in [-0.15, -0.1) is 0 Å². The zero-order valence-electron chi connectivity index (χ0n) is 4.21. The average molecular weight is 113 g/mol. The molecular weight excluding hydrogens is 107 g/mol. The van der Waals surface area contributed by atoms with Crippen LogP contribution in [0.3, 0.4) is 0 Å². The monoisotopic (exact) mass is 113 g/mol. The Morgan fingerprint density at radius 2 is 1.88 bits per heavy atom. The first-order chi connectivity index (χ1) is 3.79. The fraction of sp³-hybridized carbons (Fsp3) is 0.167. The smallest absolute Gasteiger partial charge is 0.274 e. The first-order valence-electron chi connectivity index (χ1n) is 2.35. The molecule has 0 amide bonds. The molecule has 1 rings (SSSR count). The van der Waals surface area contributed by atoms with E-state index in [2.05, 4.69) is 0 Å². The summed E-state index contributed by atoms with van der Waals surface area (Å²) in [6.45, 7) is 0. The van der Waals surface area contributed by atoms with Crippen LogP contribution in [0.4, 0.5) is 4.39 Å². The molecule has 0 saturated heterocycles. The molecule has 0 unspecified atom stereocenters. The van der Waals surface area contributed by atoms with Gasteiger partial charge in [0.1, 0.15) is 6.17 Å². The molecule has 0 aromatic carbocycles. The van der Waals surface area contributed by atoms with E-state index in [-0.39, 0.29) is 5.78 Å². The summed E-state index contributed by atoms with van der Waals surface area (Å²) in [5.41, 5.74) is 0. The number of hydrogen-bond acceptors (Lipinski definition) is 0. The second-order valence-electron chi connectivity index (χ2n) is 1.59. The van der Waals surface area contributed by atoms with Crippen LogP contribution < -0.4 is 0 Å². The fourth-order valence-electron chi connectivity index (χ4n) is 0.501. The summed E-state index contributed by atoms with van der Waals surface area (Å²) >= 11 is 0. The van der Waals surface area contributed by atoms with Gasteiger partial charge in [-0.25, -0.2) is 4.39 Å². The molecule has 0 spiro atoms. The Morgan fingerprint density at radius 3 is 2.25 bits per heavy atom. The van der Waals surface area contributed by atoms with Gasteiger partial charge >= 0.3 is 5.78 Å². The number of carbonyl (C=O) groups excluding carboxylic acids is 1.